The Balaban J connectivity index is 2.66. The lowest BCUT2D eigenvalue weighted by Gasteiger charge is -2.23. The predicted octanol–water partition coefficient (Wildman–Crippen LogP) is 1.03. The molecule has 0 saturated heterocycles. The van der Waals surface area contributed by atoms with Gasteiger partial charge in [-0.2, -0.15) is 0 Å². The summed E-state index contributed by atoms with van der Waals surface area (Å²) in [5.41, 5.74) is 6.52. The van der Waals surface area contributed by atoms with Crippen LogP contribution < -0.4 is 10.6 Å². The Morgan fingerprint density at radius 2 is 1.94 bits per heavy atom. The van der Waals surface area contributed by atoms with Gasteiger partial charge in [0.15, 0.2) is 0 Å². The monoisotopic (exact) mass is 253 g/mol. The van der Waals surface area contributed by atoms with Crippen LogP contribution in [0.3, 0.4) is 0 Å². The van der Waals surface area contributed by atoms with Gasteiger partial charge in [-0.05, 0) is 18.6 Å². The molecule has 18 heavy (non-hydrogen) atoms. The normalized spacial score (nSPS) is 10.6. The fourth-order valence-electron chi connectivity index (χ4n) is 1.70. The summed E-state index contributed by atoms with van der Waals surface area (Å²) in [6.45, 7) is 3.62. The molecule has 0 atom stereocenters. The molecule has 0 unspecified atom stereocenters. The van der Waals surface area contributed by atoms with E-state index in [1.807, 2.05) is 18.2 Å². The maximum Gasteiger partial charge on any atom is 0.128 e. The molecule has 5 heteroatoms. The Kier molecular flexibility index (Phi) is 7.32. The second-order valence-electron chi connectivity index (χ2n) is 4.02. The quantitative estimate of drug-likeness (QED) is 0.666. The predicted molar refractivity (Wildman–Crippen MR) is 72.7 cm³/mol. The van der Waals surface area contributed by atoms with E-state index in [-0.39, 0.29) is 0 Å². The summed E-state index contributed by atoms with van der Waals surface area (Å²) < 4.78 is 10.2. The first kappa shape index (κ1) is 14.9. The summed E-state index contributed by atoms with van der Waals surface area (Å²) in [6.07, 6.45) is 0.967. The first-order valence-electron chi connectivity index (χ1n) is 6.20. The fraction of sp³-hybridized carbons (Fsp3) is 0.615. The Labute approximate surface area is 109 Å². The molecule has 2 N–H and O–H groups in total. The van der Waals surface area contributed by atoms with Gasteiger partial charge in [0.2, 0.25) is 0 Å². The van der Waals surface area contributed by atoms with Gasteiger partial charge in [0.1, 0.15) is 5.82 Å². The largest absolute Gasteiger partial charge is 0.385 e. The molecule has 0 aliphatic carbocycles. The Morgan fingerprint density at radius 1 is 1.17 bits per heavy atom. The number of rotatable bonds is 9. The highest BCUT2D eigenvalue weighted by molar-refractivity contribution is 5.39. The highest BCUT2D eigenvalue weighted by atomic mass is 16.5. The number of pyridine rings is 1. The number of ether oxygens (including phenoxy) is 2. The lowest BCUT2D eigenvalue weighted by atomic mass is 10.3. The van der Waals surface area contributed by atoms with Gasteiger partial charge in [-0.1, -0.05) is 6.07 Å². The van der Waals surface area contributed by atoms with Gasteiger partial charge >= 0.3 is 0 Å². The van der Waals surface area contributed by atoms with Gasteiger partial charge in [-0.15, -0.1) is 0 Å². The zero-order valence-corrected chi connectivity index (χ0v) is 11.3. The van der Waals surface area contributed by atoms with E-state index in [4.69, 9.17) is 15.2 Å². The van der Waals surface area contributed by atoms with Crippen LogP contribution in [0.4, 0.5) is 5.82 Å². The highest BCUT2D eigenvalue weighted by Gasteiger charge is 2.07. The molecular formula is C13H23N3O2. The van der Waals surface area contributed by atoms with E-state index >= 15 is 0 Å². The van der Waals surface area contributed by atoms with Crippen LogP contribution in [-0.2, 0) is 16.0 Å². The molecule has 0 radical (unpaired) electrons. The molecule has 0 bridgehead atoms. The number of hydrogen-bond acceptors (Lipinski definition) is 5. The number of aromatic nitrogens is 1. The standard InChI is InChI=1S/C13H23N3O2/c1-17-9-4-7-16(8-10-18-2)13-6-3-5-12(11-14)15-13/h3,5-6H,4,7-11,14H2,1-2H3. The minimum absolute atomic E-state index is 0.462. The summed E-state index contributed by atoms with van der Waals surface area (Å²) >= 11 is 0. The topological polar surface area (TPSA) is 60.6 Å². The molecule has 1 aromatic heterocycles. The zero-order valence-electron chi connectivity index (χ0n) is 11.3. The van der Waals surface area contributed by atoms with Crippen LogP contribution in [0.5, 0.6) is 0 Å². The highest BCUT2D eigenvalue weighted by Crippen LogP contribution is 2.11. The van der Waals surface area contributed by atoms with Gasteiger partial charge in [0, 0.05) is 40.5 Å². The first-order valence-corrected chi connectivity index (χ1v) is 6.20. The lowest BCUT2D eigenvalue weighted by Crippen LogP contribution is -2.30. The van der Waals surface area contributed by atoms with Crippen LogP contribution in [0.2, 0.25) is 0 Å². The van der Waals surface area contributed by atoms with Crippen LogP contribution in [0.15, 0.2) is 18.2 Å². The van der Waals surface area contributed by atoms with Crippen LogP contribution in [0, 0.1) is 0 Å². The average molecular weight is 253 g/mol. The number of anilines is 1. The smallest absolute Gasteiger partial charge is 0.128 e. The van der Waals surface area contributed by atoms with Crippen LogP contribution in [0.1, 0.15) is 12.1 Å². The van der Waals surface area contributed by atoms with Crippen molar-refractivity contribution in [3.8, 4) is 0 Å². The number of methoxy groups -OCH3 is 2. The molecule has 0 fully saturated rings. The molecule has 0 aliphatic heterocycles. The third-order valence-corrected chi connectivity index (χ3v) is 2.67. The number of hydrogen-bond donors (Lipinski definition) is 1. The molecule has 0 saturated carbocycles. The SMILES string of the molecule is COCCCN(CCOC)c1cccc(CN)n1. The first-order chi connectivity index (χ1) is 8.81. The van der Waals surface area contributed by atoms with Crippen molar-refractivity contribution in [1.29, 1.82) is 0 Å². The molecule has 102 valence electrons. The van der Waals surface area contributed by atoms with E-state index < -0.39 is 0 Å². The lowest BCUT2D eigenvalue weighted by molar-refractivity contribution is 0.191. The van der Waals surface area contributed by atoms with Gasteiger partial charge in [0.05, 0.1) is 12.3 Å². The minimum atomic E-state index is 0.462. The van der Waals surface area contributed by atoms with Crippen molar-refractivity contribution in [3.05, 3.63) is 23.9 Å². The van der Waals surface area contributed by atoms with Gasteiger partial charge < -0.3 is 20.1 Å². The molecule has 5 nitrogen and oxygen atoms in total. The van der Waals surface area contributed by atoms with Crippen molar-refractivity contribution in [1.82, 2.24) is 4.98 Å². The maximum absolute atomic E-state index is 5.61. The summed E-state index contributed by atoms with van der Waals surface area (Å²) in [7, 11) is 3.42. The van der Waals surface area contributed by atoms with E-state index in [9.17, 15) is 0 Å². The van der Waals surface area contributed by atoms with Gasteiger partial charge in [-0.25, -0.2) is 4.98 Å². The molecule has 1 rings (SSSR count). The van der Waals surface area contributed by atoms with Crippen molar-refractivity contribution < 1.29 is 9.47 Å². The Morgan fingerprint density at radius 3 is 2.61 bits per heavy atom. The molecule has 1 heterocycles. The second-order valence-corrected chi connectivity index (χ2v) is 4.02. The number of nitrogens with zero attached hydrogens (tertiary/aromatic N) is 2. The minimum Gasteiger partial charge on any atom is -0.385 e. The molecule has 0 aliphatic rings. The zero-order chi connectivity index (χ0) is 13.2. The maximum atomic E-state index is 5.61. The summed E-state index contributed by atoms with van der Waals surface area (Å²) in [5.74, 6) is 0.950. The van der Waals surface area contributed by atoms with Crippen LogP contribution in [0.25, 0.3) is 0 Å². The third kappa shape index (κ3) is 5.00. The van der Waals surface area contributed by atoms with Crippen LogP contribution >= 0.6 is 0 Å². The number of nitrogens with two attached hydrogens (primary N) is 1. The van der Waals surface area contributed by atoms with Crippen molar-refractivity contribution in [2.45, 2.75) is 13.0 Å². The summed E-state index contributed by atoms with van der Waals surface area (Å²) in [5, 5.41) is 0. The van der Waals surface area contributed by atoms with E-state index in [1.54, 1.807) is 14.2 Å². The molecule has 0 aromatic carbocycles. The van der Waals surface area contributed by atoms with Crippen molar-refractivity contribution >= 4 is 5.82 Å². The Hall–Kier alpha value is -1.17. The second kappa shape index (κ2) is 8.85. The summed E-state index contributed by atoms with van der Waals surface area (Å²) in [4.78, 5) is 6.72. The average Bonchev–Trinajstić information content (AvgIpc) is 2.42. The van der Waals surface area contributed by atoms with Gasteiger partial charge in [0.25, 0.3) is 0 Å². The van der Waals surface area contributed by atoms with Crippen molar-refractivity contribution in [3.63, 3.8) is 0 Å². The van der Waals surface area contributed by atoms with Crippen molar-refractivity contribution in [2.75, 3.05) is 45.4 Å². The summed E-state index contributed by atoms with van der Waals surface area (Å²) in [6, 6.07) is 5.93. The fourth-order valence-corrected chi connectivity index (χ4v) is 1.70. The van der Waals surface area contributed by atoms with Crippen molar-refractivity contribution in [2.24, 2.45) is 5.73 Å². The molecule has 0 amide bonds. The van der Waals surface area contributed by atoms with Gasteiger partial charge in [-0.3, -0.25) is 0 Å². The molecule has 1 aromatic rings. The Bertz CT molecular complexity index is 334. The van der Waals surface area contributed by atoms with E-state index in [2.05, 4.69) is 9.88 Å². The van der Waals surface area contributed by atoms with E-state index in [0.717, 1.165) is 37.6 Å². The van der Waals surface area contributed by atoms with Crippen LogP contribution in [-0.4, -0.2) is 45.5 Å². The molecular weight excluding hydrogens is 230 g/mol. The van der Waals surface area contributed by atoms with E-state index in [1.165, 1.54) is 0 Å². The molecule has 0 spiro atoms. The third-order valence-electron chi connectivity index (χ3n) is 2.67. The van der Waals surface area contributed by atoms with E-state index in [0.29, 0.717) is 13.2 Å².